The van der Waals surface area contributed by atoms with Crippen LogP contribution in [0.5, 0.6) is 0 Å². The molecule has 8 aromatic rings. The Morgan fingerprint density at radius 3 is 1.87 bits per heavy atom. The molecule has 0 saturated heterocycles. The standard InChI is InChI=1S/C42H31N5/c1-42(2)35-24-14-12-22-31(35)33-26-27-34-32-23-13-15-25-36(32)47(38(34)37(33)42)41-44-39(28-16-6-3-7-17-28)43-40(45-41)46(29-18-8-4-9-19-29)30-20-10-5-11-21-30/h3-27H,1-2H3. The molecule has 9 rings (SSSR count). The van der Waals surface area contributed by atoms with Crippen LogP contribution in [0.15, 0.2) is 152 Å². The Morgan fingerprint density at radius 1 is 0.532 bits per heavy atom. The van der Waals surface area contributed by atoms with Gasteiger partial charge >= 0.3 is 0 Å². The second kappa shape index (κ2) is 10.5. The summed E-state index contributed by atoms with van der Waals surface area (Å²) in [6, 6.07) is 52.7. The van der Waals surface area contributed by atoms with Crippen molar-refractivity contribution in [2.24, 2.45) is 0 Å². The Hall–Kier alpha value is -6.07. The summed E-state index contributed by atoms with van der Waals surface area (Å²) in [5, 5.41) is 2.36. The largest absolute Gasteiger partial charge is 0.279 e. The summed E-state index contributed by atoms with van der Waals surface area (Å²) >= 11 is 0. The Kier molecular flexibility index (Phi) is 6.09. The van der Waals surface area contributed by atoms with Crippen LogP contribution in [0.25, 0.3) is 50.3 Å². The lowest BCUT2D eigenvalue weighted by Crippen LogP contribution is -2.18. The quantitative estimate of drug-likeness (QED) is 0.196. The molecule has 5 heteroatoms. The highest BCUT2D eigenvalue weighted by Crippen LogP contribution is 2.52. The van der Waals surface area contributed by atoms with E-state index in [0.29, 0.717) is 17.7 Å². The van der Waals surface area contributed by atoms with Crippen molar-refractivity contribution in [2.75, 3.05) is 4.90 Å². The van der Waals surface area contributed by atoms with Gasteiger partial charge in [-0.05, 0) is 52.6 Å². The van der Waals surface area contributed by atoms with Crippen molar-refractivity contribution in [1.29, 1.82) is 0 Å². The van der Waals surface area contributed by atoms with Gasteiger partial charge in [-0.1, -0.05) is 135 Å². The molecule has 0 amide bonds. The van der Waals surface area contributed by atoms with Gasteiger partial charge < -0.3 is 0 Å². The van der Waals surface area contributed by atoms with E-state index in [1.165, 1.54) is 33.0 Å². The number of benzene rings is 6. The summed E-state index contributed by atoms with van der Waals surface area (Å²) in [6.07, 6.45) is 0. The van der Waals surface area contributed by atoms with E-state index >= 15 is 0 Å². The number of hydrogen-bond donors (Lipinski definition) is 0. The number of rotatable bonds is 5. The zero-order valence-corrected chi connectivity index (χ0v) is 26.2. The monoisotopic (exact) mass is 605 g/mol. The van der Waals surface area contributed by atoms with Crippen LogP contribution < -0.4 is 4.90 Å². The van der Waals surface area contributed by atoms with Crippen molar-refractivity contribution in [1.82, 2.24) is 19.5 Å². The van der Waals surface area contributed by atoms with Gasteiger partial charge in [-0.25, -0.2) is 0 Å². The molecule has 0 saturated carbocycles. The number of hydrogen-bond acceptors (Lipinski definition) is 4. The van der Waals surface area contributed by atoms with Gasteiger partial charge in [0.05, 0.1) is 11.0 Å². The second-order valence-corrected chi connectivity index (χ2v) is 12.5. The van der Waals surface area contributed by atoms with Gasteiger partial charge in [0.1, 0.15) is 0 Å². The summed E-state index contributed by atoms with van der Waals surface area (Å²) in [5.41, 5.74) is 9.99. The van der Waals surface area contributed by atoms with Crippen LogP contribution in [0, 0.1) is 0 Å². The van der Waals surface area contributed by atoms with E-state index in [0.717, 1.165) is 28.0 Å². The van der Waals surface area contributed by atoms with Crippen LogP contribution in [0.3, 0.4) is 0 Å². The maximum atomic E-state index is 5.34. The molecule has 6 aromatic carbocycles. The first kappa shape index (κ1) is 27.3. The average molecular weight is 606 g/mol. The molecule has 0 spiro atoms. The van der Waals surface area contributed by atoms with Crippen molar-refractivity contribution in [3.05, 3.63) is 163 Å². The minimum Gasteiger partial charge on any atom is -0.279 e. The molecular weight excluding hydrogens is 574 g/mol. The third-order valence-corrected chi connectivity index (χ3v) is 9.42. The van der Waals surface area contributed by atoms with Crippen LogP contribution in [0.4, 0.5) is 17.3 Å². The van der Waals surface area contributed by atoms with Crippen LogP contribution in [-0.4, -0.2) is 19.5 Å². The maximum Gasteiger partial charge on any atom is 0.240 e. The van der Waals surface area contributed by atoms with Crippen LogP contribution in [0.1, 0.15) is 25.0 Å². The van der Waals surface area contributed by atoms with Crippen molar-refractivity contribution < 1.29 is 0 Å². The molecule has 224 valence electrons. The van der Waals surface area contributed by atoms with Gasteiger partial charge in [0, 0.05) is 33.1 Å². The molecule has 0 bridgehead atoms. The third-order valence-electron chi connectivity index (χ3n) is 9.42. The fraction of sp³-hybridized carbons (Fsp3) is 0.0714. The first-order chi connectivity index (χ1) is 23.1. The van der Waals surface area contributed by atoms with Crippen LogP contribution >= 0.6 is 0 Å². The van der Waals surface area contributed by atoms with Gasteiger partial charge in [-0.2, -0.15) is 15.0 Å². The minimum absolute atomic E-state index is 0.226. The summed E-state index contributed by atoms with van der Waals surface area (Å²) in [6.45, 7) is 4.67. The van der Waals surface area contributed by atoms with E-state index in [2.05, 4.69) is 120 Å². The molecule has 0 unspecified atom stereocenters. The number of aromatic nitrogens is 4. The highest BCUT2D eigenvalue weighted by molar-refractivity contribution is 6.13. The molecule has 5 nitrogen and oxygen atoms in total. The SMILES string of the molecule is CC1(C)c2ccccc2-c2ccc3c4ccccc4n(-c4nc(-c5ccccc5)nc(N(c5ccccc5)c5ccccc5)n4)c3c21. The minimum atomic E-state index is -0.226. The summed E-state index contributed by atoms with van der Waals surface area (Å²) in [7, 11) is 0. The van der Waals surface area contributed by atoms with Gasteiger partial charge in [0.15, 0.2) is 5.82 Å². The highest BCUT2D eigenvalue weighted by Gasteiger charge is 2.38. The predicted octanol–water partition coefficient (Wildman–Crippen LogP) is 10.4. The molecule has 2 heterocycles. The molecular formula is C42H31N5. The summed E-state index contributed by atoms with van der Waals surface area (Å²) in [5.74, 6) is 1.74. The second-order valence-electron chi connectivity index (χ2n) is 12.5. The van der Waals surface area contributed by atoms with E-state index < -0.39 is 0 Å². The predicted molar refractivity (Wildman–Crippen MR) is 192 cm³/mol. The lowest BCUT2D eigenvalue weighted by molar-refractivity contribution is 0.663. The number of nitrogens with zero attached hydrogens (tertiary/aromatic N) is 5. The first-order valence-electron chi connectivity index (χ1n) is 16.0. The third kappa shape index (κ3) is 4.20. The number of fused-ring (bicyclic) bond motifs is 7. The topological polar surface area (TPSA) is 46.8 Å². The molecule has 0 aliphatic heterocycles. The van der Waals surface area contributed by atoms with Crippen molar-refractivity contribution in [2.45, 2.75) is 19.3 Å². The molecule has 1 aliphatic carbocycles. The van der Waals surface area contributed by atoms with Crippen molar-refractivity contribution >= 4 is 39.1 Å². The first-order valence-corrected chi connectivity index (χ1v) is 16.0. The molecule has 0 fully saturated rings. The van der Waals surface area contributed by atoms with Gasteiger partial charge in [-0.15, -0.1) is 0 Å². The van der Waals surface area contributed by atoms with E-state index in [9.17, 15) is 0 Å². The smallest absolute Gasteiger partial charge is 0.240 e. The van der Waals surface area contributed by atoms with Crippen LogP contribution in [-0.2, 0) is 5.41 Å². The number of anilines is 3. The van der Waals surface area contributed by atoms with Gasteiger partial charge in [-0.3, -0.25) is 9.47 Å². The average Bonchev–Trinajstić information content (AvgIpc) is 3.58. The Morgan fingerprint density at radius 2 is 1.15 bits per heavy atom. The van der Waals surface area contributed by atoms with E-state index in [4.69, 9.17) is 15.0 Å². The Balaban J connectivity index is 1.40. The van der Waals surface area contributed by atoms with Gasteiger partial charge in [0.2, 0.25) is 11.9 Å². The molecule has 1 aliphatic rings. The van der Waals surface area contributed by atoms with E-state index in [1.807, 2.05) is 54.6 Å². The maximum absolute atomic E-state index is 5.34. The lowest BCUT2D eigenvalue weighted by atomic mass is 9.81. The number of para-hydroxylation sites is 3. The molecule has 2 aromatic heterocycles. The fourth-order valence-electron chi connectivity index (χ4n) is 7.32. The van der Waals surface area contributed by atoms with E-state index in [-0.39, 0.29) is 5.41 Å². The molecule has 47 heavy (non-hydrogen) atoms. The summed E-state index contributed by atoms with van der Waals surface area (Å²) in [4.78, 5) is 17.9. The Labute approximate surface area is 273 Å². The molecule has 0 atom stereocenters. The fourth-order valence-corrected chi connectivity index (χ4v) is 7.32. The lowest BCUT2D eigenvalue weighted by Gasteiger charge is -2.25. The summed E-state index contributed by atoms with van der Waals surface area (Å²) < 4.78 is 2.27. The normalized spacial score (nSPS) is 13.1. The molecule has 0 N–H and O–H groups in total. The van der Waals surface area contributed by atoms with Gasteiger partial charge in [0.25, 0.3) is 0 Å². The Bertz CT molecular complexity index is 2390. The van der Waals surface area contributed by atoms with Crippen molar-refractivity contribution in [3.63, 3.8) is 0 Å². The van der Waals surface area contributed by atoms with Crippen LogP contribution in [0.2, 0.25) is 0 Å². The van der Waals surface area contributed by atoms with E-state index in [1.54, 1.807) is 0 Å². The zero-order chi connectivity index (χ0) is 31.5. The zero-order valence-electron chi connectivity index (χ0n) is 26.2. The highest BCUT2D eigenvalue weighted by atomic mass is 15.3. The van der Waals surface area contributed by atoms with Crippen molar-refractivity contribution in [3.8, 4) is 28.5 Å². The molecule has 0 radical (unpaired) electrons.